The highest BCUT2D eigenvalue weighted by Crippen LogP contribution is 2.32. The van der Waals surface area contributed by atoms with Gasteiger partial charge in [-0.3, -0.25) is 0 Å². The first-order valence-corrected chi connectivity index (χ1v) is 10.00. The van der Waals surface area contributed by atoms with Gasteiger partial charge in [0, 0.05) is 0 Å². The molecule has 0 aliphatic rings. The molecule has 0 atom stereocenters. The van der Waals surface area contributed by atoms with Crippen LogP contribution in [0.25, 0.3) is 11.1 Å². The average Bonchev–Trinajstić information content (AvgIpc) is 3.22. The fourth-order valence-corrected chi connectivity index (χ4v) is 3.23. The largest absolute Gasteiger partial charge is 0.497 e. The van der Waals surface area contributed by atoms with Crippen LogP contribution >= 0.6 is 0 Å². The molecule has 0 spiro atoms. The maximum absolute atomic E-state index is 12.8. The van der Waals surface area contributed by atoms with Crippen molar-refractivity contribution in [3.05, 3.63) is 89.6 Å². The first kappa shape index (κ1) is 22.8. The van der Waals surface area contributed by atoms with Gasteiger partial charge in [0.25, 0.3) is 5.88 Å². The molecule has 0 aliphatic carbocycles. The molecule has 0 aliphatic heterocycles. The molecule has 1 aromatic heterocycles. The Morgan fingerprint density at radius 3 is 2.00 bits per heavy atom. The van der Waals surface area contributed by atoms with Crippen LogP contribution in [0.4, 0.5) is 13.2 Å². The fourth-order valence-electron chi connectivity index (χ4n) is 3.23. The van der Waals surface area contributed by atoms with Crippen LogP contribution in [0, 0.1) is 0 Å². The smallest absolute Gasteiger partial charge is 0.416 e. The summed E-state index contributed by atoms with van der Waals surface area (Å²) in [5.74, 6) is -0.349. The van der Waals surface area contributed by atoms with E-state index in [1.165, 1.54) is 16.8 Å². The predicted octanol–water partition coefficient (Wildman–Crippen LogP) is 5.51. The number of ether oxygens (including phenoxy) is 2. The van der Waals surface area contributed by atoms with E-state index in [1.807, 2.05) is 12.1 Å². The van der Waals surface area contributed by atoms with E-state index in [0.717, 1.165) is 17.7 Å². The molecule has 34 heavy (non-hydrogen) atoms. The third kappa shape index (κ3) is 5.01. The molecule has 4 aromatic rings. The quantitative estimate of drug-likeness (QED) is 0.384. The van der Waals surface area contributed by atoms with E-state index in [1.54, 1.807) is 43.5 Å². The number of hydrogen-bond donors (Lipinski definition) is 1. The van der Waals surface area contributed by atoms with Gasteiger partial charge in [-0.15, -0.1) is 5.10 Å². The molecule has 4 rings (SSSR count). The van der Waals surface area contributed by atoms with Crippen LogP contribution in [0.5, 0.6) is 17.4 Å². The van der Waals surface area contributed by atoms with E-state index < -0.39 is 17.7 Å². The molecular formula is C24H18F3N3O4. The summed E-state index contributed by atoms with van der Waals surface area (Å²) in [4.78, 5) is 11.6. The van der Waals surface area contributed by atoms with Crippen LogP contribution in [0.3, 0.4) is 0 Å². The molecule has 174 valence electrons. The third-order valence-electron chi connectivity index (χ3n) is 5.00. The van der Waals surface area contributed by atoms with Crippen molar-refractivity contribution in [2.45, 2.75) is 12.7 Å². The van der Waals surface area contributed by atoms with Crippen LogP contribution in [0.2, 0.25) is 0 Å². The maximum Gasteiger partial charge on any atom is 0.416 e. The van der Waals surface area contributed by atoms with Crippen molar-refractivity contribution in [3.63, 3.8) is 0 Å². The number of carboxylic acid groups (broad SMARTS) is 1. The summed E-state index contributed by atoms with van der Waals surface area (Å²) < 4.78 is 50.6. The van der Waals surface area contributed by atoms with Crippen molar-refractivity contribution in [2.24, 2.45) is 0 Å². The topological polar surface area (TPSA) is 86.5 Å². The fraction of sp³-hybridized carbons (Fsp3) is 0.125. The van der Waals surface area contributed by atoms with Gasteiger partial charge in [0.15, 0.2) is 0 Å². The van der Waals surface area contributed by atoms with Crippen molar-refractivity contribution in [3.8, 4) is 28.5 Å². The lowest BCUT2D eigenvalue weighted by Gasteiger charge is -2.11. The van der Waals surface area contributed by atoms with Gasteiger partial charge in [0.05, 0.1) is 19.2 Å². The van der Waals surface area contributed by atoms with E-state index >= 15 is 0 Å². The minimum absolute atomic E-state index is 0.0504. The number of methoxy groups -OCH3 is 1. The second-order valence-corrected chi connectivity index (χ2v) is 7.26. The Kier molecular flexibility index (Phi) is 6.22. The summed E-state index contributed by atoms with van der Waals surface area (Å²) in [6.45, 7) is 0.212. The van der Waals surface area contributed by atoms with E-state index in [0.29, 0.717) is 22.6 Å². The monoisotopic (exact) mass is 469 g/mol. The number of nitrogens with zero attached hydrogens (tertiary/aromatic N) is 3. The Morgan fingerprint density at radius 1 is 0.912 bits per heavy atom. The number of carboxylic acids is 1. The van der Waals surface area contributed by atoms with Crippen molar-refractivity contribution >= 4 is 5.97 Å². The maximum atomic E-state index is 12.8. The molecule has 0 saturated heterocycles. The number of aromatic carboxylic acids is 1. The zero-order valence-corrected chi connectivity index (χ0v) is 17.8. The number of benzene rings is 3. The summed E-state index contributed by atoms with van der Waals surface area (Å²) in [5, 5.41) is 17.1. The molecule has 7 nitrogen and oxygen atoms in total. The van der Waals surface area contributed by atoms with Crippen molar-refractivity contribution in [1.29, 1.82) is 0 Å². The van der Waals surface area contributed by atoms with Crippen molar-refractivity contribution in [1.82, 2.24) is 15.0 Å². The van der Waals surface area contributed by atoms with Crippen LogP contribution < -0.4 is 9.47 Å². The zero-order chi connectivity index (χ0) is 24.3. The molecule has 0 amide bonds. The van der Waals surface area contributed by atoms with Crippen LogP contribution in [0.15, 0.2) is 72.8 Å². The Bertz CT molecular complexity index is 1280. The molecular weight excluding hydrogens is 451 g/mol. The Balaban J connectivity index is 1.55. The molecule has 1 N–H and O–H groups in total. The Labute approximate surface area is 192 Å². The number of aromatic nitrogens is 3. The summed E-state index contributed by atoms with van der Waals surface area (Å²) in [5.41, 5.74) is 1.02. The number of halogens is 3. The number of carbonyl (C=O) groups is 1. The van der Waals surface area contributed by atoms with E-state index in [2.05, 4.69) is 10.3 Å². The standard InChI is InChI=1S/C24H18F3N3O4/c1-33-19-10-2-15(3-11-19)14-30-22(21(23(31)32)28-29-30)34-20-12-6-17(7-13-20)16-4-8-18(9-5-16)24(25,26)27/h2-13H,14H2,1H3,(H,31,32). The van der Waals surface area contributed by atoms with Crippen LogP contribution in [0.1, 0.15) is 21.6 Å². The van der Waals surface area contributed by atoms with E-state index in [-0.39, 0.29) is 18.1 Å². The predicted molar refractivity (Wildman–Crippen MR) is 116 cm³/mol. The first-order chi connectivity index (χ1) is 16.2. The van der Waals surface area contributed by atoms with Gasteiger partial charge in [-0.1, -0.05) is 41.6 Å². The Hall–Kier alpha value is -4.34. The zero-order valence-electron chi connectivity index (χ0n) is 17.8. The first-order valence-electron chi connectivity index (χ1n) is 10.00. The molecule has 0 radical (unpaired) electrons. The lowest BCUT2D eigenvalue weighted by molar-refractivity contribution is -0.137. The number of alkyl halides is 3. The molecule has 0 bridgehead atoms. The molecule has 1 heterocycles. The van der Waals surface area contributed by atoms with Gasteiger partial charge in [0.2, 0.25) is 5.69 Å². The summed E-state index contributed by atoms with van der Waals surface area (Å²) in [6.07, 6.45) is -4.40. The SMILES string of the molecule is COc1ccc(Cn2nnc(C(=O)O)c2Oc2ccc(-c3ccc(C(F)(F)F)cc3)cc2)cc1. The van der Waals surface area contributed by atoms with Gasteiger partial charge in [-0.2, -0.15) is 13.2 Å². The highest BCUT2D eigenvalue weighted by molar-refractivity contribution is 5.87. The molecule has 0 saturated carbocycles. The molecule has 0 fully saturated rings. The minimum atomic E-state index is -4.40. The third-order valence-corrected chi connectivity index (χ3v) is 5.00. The second kappa shape index (κ2) is 9.26. The van der Waals surface area contributed by atoms with Gasteiger partial charge in [-0.25, -0.2) is 9.48 Å². The molecule has 0 unspecified atom stereocenters. The molecule has 3 aromatic carbocycles. The minimum Gasteiger partial charge on any atom is -0.497 e. The van der Waals surface area contributed by atoms with E-state index in [4.69, 9.17) is 9.47 Å². The highest BCUT2D eigenvalue weighted by Gasteiger charge is 2.30. The Morgan fingerprint density at radius 2 is 1.47 bits per heavy atom. The van der Waals surface area contributed by atoms with Gasteiger partial charge >= 0.3 is 12.1 Å². The lowest BCUT2D eigenvalue weighted by Crippen LogP contribution is -2.06. The van der Waals surface area contributed by atoms with Crippen molar-refractivity contribution < 1.29 is 32.5 Å². The van der Waals surface area contributed by atoms with Crippen LogP contribution in [-0.4, -0.2) is 33.2 Å². The van der Waals surface area contributed by atoms with Gasteiger partial charge < -0.3 is 14.6 Å². The number of rotatable bonds is 7. The second-order valence-electron chi connectivity index (χ2n) is 7.26. The summed E-state index contributed by atoms with van der Waals surface area (Å²) >= 11 is 0. The van der Waals surface area contributed by atoms with E-state index in [9.17, 15) is 23.1 Å². The van der Waals surface area contributed by atoms with Gasteiger partial charge in [-0.05, 0) is 53.1 Å². The number of hydrogen-bond acceptors (Lipinski definition) is 5. The summed E-state index contributed by atoms with van der Waals surface area (Å²) in [7, 11) is 1.56. The van der Waals surface area contributed by atoms with Crippen LogP contribution in [-0.2, 0) is 12.7 Å². The van der Waals surface area contributed by atoms with Gasteiger partial charge in [0.1, 0.15) is 11.5 Å². The average molecular weight is 469 g/mol. The van der Waals surface area contributed by atoms with Crippen molar-refractivity contribution in [2.75, 3.05) is 7.11 Å². The molecule has 10 heteroatoms. The highest BCUT2D eigenvalue weighted by atomic mass is 19.4. The normalized spacial score (nSPS) is 11.3. The summed E-state index contributed by atoms with van der Waals surface area (Å²) in [6, 6.07) is 18.5. The lowest BCUT2D eigenvalue weighted by atomic mass is 10.0.